The average molecular weight is 262 g/mol. The number of benzene rings is 2. The number of phenolic OH excluding ortho intramolecular Hbond substituents is 1. The van der Waals surface area contributed by atoms with E-state index < -0.39 is 0 Å². The molecule has 2 nitrogen and oxygen atoms in total. The van der Waals surface area contributed by atoms with Crippen molar-refractivity contribution in [2.45, 2.75) is 20.4 Å². The number of para-hydroxylation sites is 1. The Morgan fingerprint density at radius 2 is 1.94 bits per heavy atom. The van der Waals surface area contributed by atoms with Crippen molar-refractivity contribution < 1.29 is 5.11 Å². The smallest absolute Gasteiger partial charge is 0.139 e. The number of hydrogen-bond acceptors (Lipinski definition) is 2. The van der Waals surface area contributed by atoms with Gasteiger partial charge in [0, 0.05) is 17.8 Å². The number of aromatic hydroxyl groups is 1. The summed E-state index contributed by atoms with van der Waals surface area (Å²) in [5.74, 6) is 0.149. The van der Waals surface area contributed by atoms with Gasteiger partial charge in [0.15, 0.2) is 0 Å². The first kappa shape index (κ1) is 12.8. The minimum absolute atomic E-state index is 0.149. The monoisotopic (exact) mass is 261 g/mol. The lowest BCUT2D eigenvalue weighted by molar-refractivity contribution is 0.469. The maximum Gasteiger partial charge on any atom is 0.139 e. The molecule has 0 fully saturated rings. The lowest BCUT2D eigenvalue weighted by atomic mass is 10.1. The number of nitrogens with one attached hydrogen (secondary N) is 1. The summed E-state index contributed by atoms with van der Waals surface area (Å²) in [5, 5.41) is 13.5. The van der Waals surface area contributed by atoms with Crippen LogP contribution in [-0.2, 0) is 6.54 Å². The van der Waals surface area contributed by atoms with Crippen LogP contribution in [-0.4, -0.2) is 5.11 Å². The van der Waals surface area contributed by atoms with Crippen LogP contribution in [0.5, 0.6) is 5.75 Å². The average Bonchev–Trinajstić information content (AvgIpc) is 2.33. The maximum absolute atomic E-state index is 9.82. The highest BCUT2D eigenvalue weighted by Gasteiger charge is 2.05. The molecule has 0 aliphatic rings. The van der Waals surface area contributed by atoms with Crippen LogP contribution in [0.25, 0.3) is 0 Å². The fraction of sp³-hybridized carbons (Fsp3) is 0.200. The lowest BCUT2D eigenvalue weighted by Crippen LogP contribution is -2.01. The van der Waals surface area contributed by atoms with Gasteiger partial charge >= 0.3 is 0 Å². The van der Waals surface area contributed by atoms with E-state index in [4.69, 9.17) is 11.6 Å². The number of phenols is 1. The van der Waals surface area contributed by atoms with Crippen molar-refractivity contribution in [3.8, 4) is 5.75 Å². The number of halogens is 1. The fourth-order valence-corrected chi connectivity index (χ4v) is 2.10. The van der Waals surface area contributed by atoms with Gasteiger partial charge in [-0.25, -0.2) is 0 Å². The summed E-state index contributed by atoms with van der Waals surface area (Å²) in [5.41, 5.74) is 4.29. The molecule has 0 bridgehead atoms. The molecule has 2 aromatic rings. The number of rotatable bonds is 3. The molecule has 2 N–H and O–H groups in total. The Kier molecular flexibility index (Phi) is 3.78. The van der Waals surface area contributed by atoms with Crippen molar-refractivity contribution in [1.82, 2.24) is 0 Å². The van der Waals surface area contributed by atoms with Gasteiger partial charge < -0.3 is 10.4 Å². The number of hydrogen-bond donors (Lipinski definition) is 2. The third kappa shape index (κ3) is 2.77. The van der Waals surface area contributed by atoms with E-state index in [0.29, 0.717) is 11.6 Å². The largest absolute Gasteiger partial charge is 0.506 e. The normalized spacial score (nSPS) is 10.4. The minimum atomic E-state index is 0.149. The van der Waals surface area contributed by atoms with Gasteiger partial charge in [-0.05, 0) is 31.5 Å². The Morgan fingerprint density at radius 3 is 2.67 bits per heavy atom. The van der Waals surface area contributed by atoms with Gasteiger partial charge in [-0.3, -0.25) is 0 Å². The van der Waals surface area contributed by atoms with Crippen LogP contribution in [0.2, 0.25) is 5.02 Å². The Morgan fingerprint density at radius 1 is 1.17 bits per heavy atom. The third-order valence-corrected chi connectivity index (χ3v) is 3.23. The van der Waals surface area contributed by atoms with Gasteiger partial charge in [-0.1, -0.05) is 41.4 Å². The van der Waals surface area contributed by atoms with Crippen molar-refractivity contribution in [2.24, 2.45) is 0 Å². The van der Waals surface area contributed by atoms with E-state index >= 15 is 0 Å². The summed E-state index contributed by atoms with van der Waals surface area (Å²) in [7, 11) is 0. The first-order valence-electron chi connectivity index (χ1n) is 5.85. The molecule has 18 heavy (non-hydrogen) atoms. The van der Waals surface area contributed by atoms with Crippen molar-refractivity contribution in [3.63, 3.8) is 0 Å². The number of aryl methyl sites for hydroxylation is 2. The van der Waals surface area contributed by atoms with E-state index in [-0.39, 0.29) is 5.75 Å². The zero-order valence-electron chi connectivity index (χ0n) is 10.5. The Labute approximate surface area is 112 Å². The van der Waals surface area contributed by atoms with Crippen LogP contribution in [0.15, 0.2) is 36.4 Å². The van der Waals surface area contributed by atoms with Gasteiger partial charge in [0.05, 0.1) is 5.02 Å². The lowest BCUT2D eigenvalue weighted by Gasteiger charge is -2.11. The zero-order valence-corrected chi connectivity index (χ0v) is 11.3. The van der Waals surface area contributed by atoms with E-state index in [1.807, 2.05) is 18.2 Å². The standard InChI is InChI=1S/C15H16ClNO/c1-10-6-7-14(11(2)8-10)17-9-12-4-3-5-13(16)15(12)18/h3-8,17-18H,9H2,1-2H3. The maximum atomic E-state index is 9.82. The summed E-state index contributed by atoms with van der Waals surface area (Å²) in [4.78, 5) is 0. The molecule has 0 amide bonds. The predicted octanol–water partition coefficient (Wildman–Crippen LogP) is 4.27. The van der Waals surface area contributed by atoms with Crippen molar-refractivity contribution in [3.05, 3.63) is 58.1 Å². The summed E-state index contributed by atoms with van der Waals surface area (Å²) in [6.45, 7) is 4.68. The highest BCUT2D eigenvalue weighted by Crippen LogP contribution is 2.27. The second-order valence-corrected chi connectivity index (χ2v) is 4.83. The summed E-state index contributed by atoms with van der Waals surface area (Å²) >= 11 is 5.87. The van der Waals surface area contributed by atoms with Crippen LogP contribution in [0.1, 0.15) is 16.7 Å². The number of anilines is 1. The third-order valence-electron chi connectivity index (χ3n) is 2.92. The molecule has 0 aliphatic heterocycles. The second kappa shape index (κ2) is 5.32. The van der Waals surface area contributed by atoms with Crippen LogP contribution in [0.3, 0.4) is 0 Å². The second-order valence-electron chi connectivity index (χ2n) is 4.42. The van der Waals surface area contributed by atoms with Crippen molar-refractivity contribution >= 4 is 17.3 Å². The van der Waals surface area contributed by atoms with Crippen LogP contribution in [0.4, 0.5) is 5.69 Å². The Balaban J connectivity index is 2.14. The SMILES string of the molecule is Cc1ccc(NCc2cccc(Cl)c2O)c(C)c1. The first-order chi connectivity index (χ1) is 8.58. The van der Waals surface area contributed by atoms with Gasteiger partial charge in [-0.2, -0.15) is 0 Å². The van der Waals surface area contributed by atoms with E-state index in [1.165, 1.54) is 11.1 Å². The molecular weight excluding hydrogens is 246 g/mol. The van der Waals surface area contributed by atoms with Gasteiger partial charge in [-0.15, -0.1) is 0 Å². The molecule has 0 spiro atoms. The van der Waals surface area contributed by atoms with Gasteiger partial charge in [0.2, 0.25) is 0 Å². The van der Waals surface area contributed by atoms with Gasteiger partial charge in [0.25, 0.3) is 0 Å². The first-order valence-corrected chi connectivity index (χ1v) is 6.23. The molecule has 2 aromatic carbocycles. The molecule has 2 rings (SSSR count). The molecule has 0 saturated heterocycles. The van der Waals surface area contributed by atoms with Crippen molar-refractivity contribution in [1.29, 1.82) is 0 Å². The molecule has 94 valence electrons. The molecule has 0 aromatic heterocycles. The van der Waals surface area contributed by atoms with E-state index in [9.17, 15) is 5.11 Å². The van der Waals surface area contributed by atoms with E-state index in [0.717, 1.165) is 11.3 Å². The molecule has 0 unspecified atom stereocenters. The highest BCUT2D eigenvalue weighted by atomic mass is 35.5. The highest BCUT2D eigenvalue weighted by molar-refractivity contribution is 6.32. The van der Waals surface area contributed by atoms with E-state index in [2.05, 4.69) is 31.3 Å². The molecule has 0 saturated carbocycles. The fourth-order valence-electron chi connectivity index (χ4n) is 1.91. The molecule has 0 radical (unpaired) electrons. The quantitative estimate of drug-likeness (QED) is 0.865. The summed E-state index contributed by atoms with van der Waals surface area (Å²) in [6, 6.07) is 11.6. The summed E-state index contributed by atoms with van der Waals surface area (Å²) < 4.78 is 0. The topological polar surface area (TPSA) is 32.3 Å². The summed E-state index contributed by atoms with van der Waals surface area (Å²) in [6.07, 6.45) is 0. The molecular formula is C15H16ClNO. The van der Waals surface area contributed by atoms with Gasteiger partial charge in [0.1, 0.15) is 5.75 Å². The minimum Gasteiger partial charge on any atom is -0.506 e. The Hall–Kier alpha value is -1.67. The predicted molar refractivity (Wildman–Crippen MR) is 76.4 cm³/mol. The van der Waals surface area contributed by atoms with Crippen LogP contribution < -0.4 is 5.32 Å². The zero-order chi connectivity index (χ0) is 13.1. The van der Waals surface area contributed by atoms with Crippen LogP contribution >= 0.6 is 11.6 Å². The van der Waals surface area contributed by atoms with E-state index in [1.54, 1.807) is 6.07 Å². The molecule has 0 aliphatic carbocycles. The molecule has 3 heteroatoms. The Bertz CT molecular complexity index is 566. The molecule has 0 heterocycles. The molecule has 0 atom stereocenters. The van der Waals surface area contributed by atoms with Crippen molar-refractivity contribution in [2.75, 3.05) is 5.32 Å². The van der Waals surface area contributed by atoms with Crippen LogP contribution in [0, 0.1) is 13.8 Å².